The molecule has 0 unspecified atom stereocenters. The van der Waals surface area contributed by atoms with Crippen molar-refractivity contribution in [3.63, 3.8) is 0 Å². The number of fused-ring (bicyclic) bond motifs is 1. The highest BCUT2D eigenvalue weighted by Crippen LogP contribution is 2.31. The summed E-state index contributed by atoms with van der Waals surface area (Å²) < 4.78 is 0. The van der Waals surface area contributed by atoms with Crippen molar-refractivity contribution in [2.24, 2.45) is 4.99 Å². The lowest BCUT2D eigenvalue weighted by Crippen LogP contribution is -2.18. The van der Waals surface area contributed by atoms with Crippen LogP contribution < -0.4 is 11.3 Å². The molecule has 1 aromatic heterocycles. The number of pyridine rings is 1. The van der Waals surface area contributed by atoms with Crippen LogP contribution in [0.1, 0.15) is 34.8 Å². The Morgan fingerprint density at radius 3 is 2.65 bits per heavy atom. The van der Waals surface area contributed by atoms with E-state index >= 15 is 0 Å². The molecule has 34 heavy (non-hydrogen) atoms. The molecule has 0 bridgehead atoms. The Kier molecular flexibility index (Phi) is 7.04. The maximum absolute atomic E-state index is 13.3. The Bertz CT molecular complexity index is 1470. The number of nitrogens with one attached hydrogen (secondary N) is 1. The Hall–Kier alpha value is -3.96. The topological polar surface area (TPSA) is 88.3 Å². The van der Waals surface area contributed by atoms with Crippen molar-refractivity contribution < 1.29 is 4.79 Å². The fraction of sp³-hybridized carbons (Fsp3) is 0.107. The lowest BCUT2D eigenvalue weighted by Gasteiger charge is -2.11. The average Bonchev–Trinajstić information content (AvgIpc) is 2.84. The SMILES string of the molecule is CCCN=Cc1cc(/C=C/C(=O)c2c(-c3ccccc3)c3cc(Cl)ccc3[nH]c2=O)ccc1N. The van der Waals surface area contributed by atoms with Gasteiger partial charge < -0.3 is 10.7 Å². The summed E-state index contributed by atoms with van der Waals surface area (Å²) in [5.41, 5.74) is 9.77. The number of nitrogen functional groups attached to an aromatic ring is 1. The highest BCUT2D eigenvalue weighted by Gasteiger charge is 2.19. The summed E-state index contributed by atoms with van der Waals surface area (Å²) in [4.78, 5) is 33.5. The van der Waals surface area contributed by atoms with E-state index in [0.717, 1.165) is 29.7 Å². The molecule has 0 atom stereocenters. The summed E-state index contributed by atoms with van der Waals surface area (Å²) >= 11 is 6.25. The highest BCUT2D eigenvalue weighted by atomic mass is 35.5. The van der Waals surface area contributed by atoms with Crippen molar-refractivity contribution in [1.82, 2.24) is 4.98 Å². The molecule has 5 nitrogen and oxygen atoms in total. The van der Waals surface area contributed by atoms with Crippen molar-refractivity contribution in [3.8, 4) is 11.1 Å². The number of nitrogens with two attached hydrogens (primary N) is 1. The van der Waals surface area contributed by atoms with Crippen LogP contribution in [0.3, 0.4) is 0 Å². The van der Waals surface area contributed by atoms with Gasteiger partial charge in [-0.1, -0.05) is 61.0 Å². The van der Waals surface area contributed by atoms with Crippen molar-refractivity contribution in [1.29, 1.82) is 0 Å². The molecular weight excluding hydrogens is 446 g/mol. The Morgan fingerprint density at radius 1 is 1.09 bits per heavy atom. The van der Waals surface area contributed by atoms with Gasteiger partial charge in [-0.2, -0.15) is 0 Å². The first-order chi connectivity index (χ1) is 16.5. The fourth-order valence-electron chi connectivity index (χ4n) is 3.76. The van der Waals surface area contributed by atoms with Crippen LogP contribution in [0.4, 0.5) is 5.69 Å². The maximum Gasteiger partial charge on any atom is 0.260 e. The summed E-state index contributed by atoms with van der Waals surface area (Å²) in [5.74, 6) is -0.403. The number of ketones is 1. The Labute approximate surface area is 202 Å². The van der Waals surface area contributed by atoms with Gasteiger partial charge >= 0.3 is 0 Å². The van der Waals surface area contributed by atoms with E-state index in [-0.39, 0.29) is 5.56 Å². The molecule has 0 aliphatic carbocycles. The number of aromatic nitrogens is 1. The van der Waals surface area contributed by atoms with Gasteiger partial charge in [0.15, 0.2) is 5.78 Å². The zero-order chi connectivity index (χ0) is 24.1. The van der Waals surface area contributed by atoms with E-state index in [1.807, 2.05) is 42.5 Å². The molecule has 3 aromatic carbocycles. The number of carbonyl (C=O) groups is 1. The summed E-state index contributed by atoms with van der Waals surface area (Å²) in [5, 5.41) is 1.22. The van der Waals surface area contributed by atoms with Crippen molar-refractivity contribution >= 4 is 46.3 Å². The first kappa shape index (κ1) is 23.2. The summed E-state index contributed by atoms with van der Waals surface area (Å²) in [6.45, 7) is 2.77. The molecule has 0 amide bonds. The van der Waals surface area contributed by atoms with Crippen molar-refractivity contribution in [2.45, 2.75) is 13.3 Å². The third kappa shape index (κ3) is 5.00. The summed E-state index contributed by atoms with van der Waals surface area (Å²) in [7, 11) is 0. The summed E-state index contributed by atoms with van der Waals surface area (Å²) in [6, 6.07) is 20.0. The number of benzene rings is 3. The second-order valence-corrected chi connectivity index (χ2v) is 8.32. The maximum atomic E-state index is 13.3. The third-order valence-corrected chi connectivity index (χ3v) is 5.64. The van der Waals surface area contributed by atoms with Gasteiger partial charge in [-0.3, -0.25) is 14.6 Å². The quantitative estimate of drug-likeness (QED) is 0.147. The molecule has 1 heterocycles. The average molecular weight is 470 g/mol. The van der Waals surface area contributed by atoms with Gasteiger partial charge in [-0.05, 0) is 54.0 Å². The van der Waals surface area contributed by atoms with Gasteiger partial charge in [0, 0.05) is 45.5 Å². The number of allylic oxidation sites excluding steroid dienone is 1. The Morgan fingerprint density at radius 2 is 1.88 bits per heavy atom. The van der Waals surface area contributed by atoms with Gasteiger partial charge in [-0.25, -0.2) is 0 Å². The number of carbonyl (C=O) groups excluding carboxylic acids is 1. The molecule has 6 heteroatoms. The fourth-order valence-corrected chi connectivity index (χ4v) is 3.93. The van der Waals surface area contributed by atoms with Gasteiger partial charge in [0.05, 0.1) is 5.56 Å². The van der Waals surface area contributed by atoms with Crippen LogP contribution in [0.15, 0.2) is 82.6 Å². The van der Waals surface area contributed by atoms with E-state index in [1.54, 1.807) is 36.6 Å². The second-order valence-electron chi connectivity index (χ2n) is 7.88. The van der Waals surface area contributed by atoms with Crippen molar-refractivity contribution in [2.75, 3.05) is 12.3 Å². The van der Waals surface area contributed by atoms with E-state index in [0.29, 0.717) is 27.2 Å². The van der Waals surface area contributed by atoms with Gasteiger partial charge in [0.25, 0.3) is 5.56 Å². The molecule has 0 aliphatic rings. The summed E-state index contributed by atoms with van der Waals surface area (Å²) in [6.07, 6.45) is 5.77. The highest BCUT2D eigenvalue weighted by molar-refractivity contribution is 6.31. The first-order valence-electron chi connectivity index (χ1n) is 11.0. The molecule has 0 saturated carbocycles. The van der Waals surface area contributed by atoms with Crippen LogP contribution in [0.5, 0.6) is 0 Å². The molecular formula is C28H24ClN3O2. The van der Waals surface area contributed by atoms with E-state index in [1.165, 1.54) is 6.08 Å². The zero-order valence-corrected chi connectivity index (χ0v) is 19.5. The lowest BCUT2D eigenvalue weighted by atomic mass is 9.94. The predicted octanol–water partition coefficient (Wildman–Crippen LogP) is 6.16. The van der Waals surface area contributed by atoms with E-state index in [9.17, 15) is 9.59 Å². The molecule has 0 aliphatic heterocycles. The van der Waals surface area contributed by atoms with Crippen LogP contribution in [-0.4, -0.2) is 23.5 Å². The smallest absolute Gasteiger partial charge is 0.260 e. The van der Waals surface area contributed by atoms with E-state index in [4.69, 9.17) is 17.3 Å². The molecule has 4 rings (SSSR count). The molecule has 0 fully saturated rings. The Balaban J connectivity index is 1.79. The second kappa shape index (κ2) is 10.3. The third-order valence-electron chi connectivity index (χ3n) is 5.41. The van der Waals surface area contributed by atoms with Gasteiger partial charge in [0.2, 0.25) is 0 Å². The van der Waals surface area contributed by atoms with E-state index < -0.39 is 11.3 Å². The standard InChI is InChI=1S/C28H24ClN3O2/c1-2-14-31-17-20-15-18(8-11-23(20)30)9-13-25(33)27-26(19-6-4-3-5-7-19)22-16-21(29)10-12-24(22)32-28(27)34/h3-13,15-17H,2,14,30H2,1H3,(H,32,34)/b13-9+,31-17?. The number of aliphatic imine (C=N–C) groups is 1. The lowest BCUT2D eigenvalue weighted by molar-refractivity contribution is 0.104. The zero-order valence-electron chi connectivity index (χ0n) is 18.7. The number of rotatable bonds is 7. The predicted molar refractivity (Wildman–Crippen MR) is 142 cm³/mol. The van der Waals surface area contributed by atoms with Crippen molar-refractivity contribution in [3.05, 3.63) is 105 Å². The minimum atomic E-state index is -0.451. The molecule has 0 radical (unpaired) electrons. The van der Waals surface area contributed by atoms with Crippen LogP contribution in [0.2, 0.25) is 5.02 Å². The first-order valence-corrected chi connectivity index (χ1v) is 11.4. The largest absolute Gasteiger partial charge is 0.398 e. The molecule has 3 N–H and O–H groups in total. The number of aromatic amines is 1. The number of hydrogen-bond acceptors (Lipinski definition) is 4. The van der Waals surface area contributed by atoms with Gasteiger partial charge in [0.1, 0.15) is 0 Å². The number of anilines is 1. The normalized spacial score (nSPS) is 11.6. The number of halogens is 1. The molecule has 4 aromatic rings. The van der Waals surface area contributed by atoms with E-state index in [2.05, 4.69) is 16.9 Å². The molecule has 170 valence electrons. The van der Waals surface area contributed by atoms with Crippen LogP contribution in [-0.2, 0) is 0 Å². The number of hydrogen-bond donors (Lipinski definition) is 2. The molecule has 0 spiro atoms. The van der Waals surface area contributed by atoms with Gasteiger partial charge in [-0.15, -0.1) is 0 Å². The minimum Gasteiger partial charge on any atom is -0.398 e. The van der Waals surface area contributed by atoms with Crippen LogP contribution in [0, 0.1) is 0 Å². The minimum absolute atomic E-state index is 0.0670. The number of nitrogens with zero attached hydrogens (tertiary/aromatic N) is 1. The monoisotopic (exact) mass is 469 g/mol. The number of H-pyrrole nitrogens is 1. The van der Waals surface area contributed by atoms with Crippen LogP contribution in [0.25, 0.3) is 28.1 Å². The van der Waals surface area contributed by atoms with Crippen LogP contribution >= 0.6 is 11.6 Å². The molecule has 0 saturated heterocycles.